The number of nitrogens with zero attached hydrogens (tertiary/aromatic N) is 2. The van der Waals surface area contributed by atoms with Gasteiger partial charge in [-0.25, -0.2) is 8.78 Å². The second-order valence-electron chi connectivity index (χ2n) is 6.75. The molecule has 1 fully saturated rings. The summed E-state index contributed by atoms with van der Waals surface area (Å²) in [6.07, 6.45) is 4.47. The molecule has 0 atom stereocenters. The zero-order valence-electron chi connectivity index (χ0n) is 15.3. The Bertz CT molecular complexity index is 943. The van der Waals surface area contributed by atoms with Gasteiger partial charge >= 0.3 is 5.97 Å². The summed E-state index contributed by atoms with van der Waals surface area (Å²) in [5.74, 6) is -1.97. The van der Waals surface area contributed by atoms with Crippen molar-refractivity contribution >= 4 is 23.3 Å². The van der Waals surface area contributed by atoms with Crippen LogP contribution in [-0.2, 0) is 9.53 Å². The van der Waals surface area contributed by atoms with Gasteiger partial charge in [0.1, 0.15) is 16.5 Å². The molecule has 2 aromatic rings. The monoisotopic (exact) mass is 411 g/mol. The van der Waals surface area contributed by atoms with E-state index in [2.05, 4.69) is 10.4 Å². The third-order valence-electron chi connectivity index (χ3n) is 4.94. The number of nitrogens with one attached hydrogen (secondary N) is 1. The highest BCUT2D eigenvalue weighted by atomic mass is 35.5. The first kappa shape index (κ1) is 20.3. The topological polar surface area (TPSA) is 73.2 Å². The Balaban J connectivity index is 1.85. The van der Waals surface area contributed by atoms with Crippen molar-refractivity contribution in [3.05, 3.63) is 51.4 Å². The fourth-order valence-electron chi connectivity index (χ4n) is 3.43. The average Bonchev–Trinajstić information content (AvgIpc) is 3.14. The summed E-state index contributed by atoms with van der Waals surface area (Å²) < 4.78 is 33.0. The van der Waals surface area contributed by atoms with E-state index in [1.54, 1.807) is 6.92 Å². The number of aromatic nitrogens is 2. The number of benzene rings is 1. The van der Waals surface area contributed by atoms with Crippen molar-refractivity contribution < 1.29 is 18.3 Å². The highest BCUT2D eigenvalue weighted by molar-refractivity contribution is 6.32. The molecule has 1 heterocycles. The molecule has 1 aliphatic carbocycles. The third-order valence-corrected chi connectivity index (χ3v) is 5.31. The lowest BCUT2D eigenvalue weighted by atomic mass is 9.86. The molecule has 0 aliphatic heterocycles. The molecule has 1 saturated carbocycles. The molecule has 0 radical (unpaired) electrons. The van der Waals surface area contributed by atoms with Gasteiger partial charge in [0.15, 0.2) is 5.82 Å². The van der Waals surface area contributed by atoms with Gasteiger partial charge in [0.05, 0.1) is 23.9 Å². The largest absolute Gasteiger partial charge is 0.466 e. The first-order chi connectivity index (χ1) is 13.4. The lowest BCUT2D eigenvalue weighted by Crippen LogP contribution is -2.37. The standard InChI is InChI=1S/C19H20ClF2N3O3/c1-2-28-18(27)19(7-3-4-8-19)11-23-14-10-24-25(17(26)16(14)20)15-6-5-12(21)9-13(15)22/h5-6,9-10,23H,2-4,7-8,11H2,1H3. The Morgan fingerprint density at radius 2 is 2.07 bits per heavy atom. The number of carbonyl (C=O) groups is 1. The summed E-state index contributed by atoms with van der Waals surface area (Å²) in [6.45, 7) is 2.30. The molecule has 0 saturated heterocycles. The fourth-order valence-corrected chi connectivity index (χ4v) is 3.63. The van der Waals surface area contributed by atoms with Gasteiger partial charge in [-0.05, 0) is 31.9 Å². The van der Waals surface area contributed by atoms with E-state index < -0.39 is 22.6 Å². The summed E-state index contributed by atoms with van der Waals surface area (Å²) in [5, 5.41) is 6.75. The van der Waals surface area contributed by atoms with Crippen molar-refractivity contribution in [3.8, 4) is 5.69 Å². The Hall–Kier alpha value is -2.48. The summed E-state index contributed by atoms with van der Waals surface area (Å²) in [7, 11) is 0. The molecule has 3 rings (SSSR count). The molecule has 0 spiro atoms. The van der Waals surface area contributed by atoms with E-state index in [1.807, 2.05) is 0 Å². The van der Waals surface area contributed by atoms with Gasteiger partial charge in [0, 0.05) is 12.6 Å². The van der Waals surface area contributed by atoms with E-state index in [9.17, 15) is 18.4 Å². The van der Waals surface area contributed by atoms with Gasteiger partial charge < -0.3 is 10.1 Å². The smallest absolute Gasteiger partial charge is 0.313 e. The van der Waals surface area contributed by atoms with Crippen LogP contribution in [0.1, 0.15) is 32.6 Å². The minimum Gasteiger partial charge on any atom is -0.466 e. The highest BCUT2D eigenvalue weighted by Gasteiger charge is 2.42. The Morgan fingerprint density at radius 3 is 2.71 bits per heavy atom. The molecule has 1 aliphatic rings. The van der Waals surface area contributed by atoms with Crippen LogP contribution in [0.25, 0.3) is 5.69 Å². The van der Waals surface area contributed by atoms with Crippen molar-refractivity contribution in [3.63, 3.8) is 0 Å². The predicted octanol–water partition coefficient (Wildman–Crippen LogP) is 3.70. The van der Waals surface area contributed by atoms with Crippen LogP contribution in [0.15, 0.2) is 29.2 Å². The number of ether oxygens (including phenoxy) is 1. The molecule has 0 amide bonds. The normalized spacial score (nSPS) is 15.4. The summed E-state index contributed by atoms with van der Waals surface area (Å²) >= 11 is 6.15. The van der Waals surface area contributed by atoms with E-state index in [0.29, 0.717) is 25.5 Å². The SMILES string of the molecule is CCOC(=O)C1(CNc2cnn(-c3ccc(F)cc3F)c(=O)c2Cl)CCCC1. The van der Waals surface area contributed by atoms with E-state index in [1.165, 1.54) is 6.20 Å². The van der Waals surface area contributed by atoms with Crippen molar-refractivity contribution in [2.75, 3.05) is 18.5 Å². The zero-order chi connectivity index (χ0) is 20.3. The van der Waals surface area contributed by atoms with Crippen LogP contribution in [0.2, 0.25) is 5.02 Å². The van der Waals surface area contributed by atoms with Gasteiger partial charge in [-0.3, -0.25) is 9.59 Å². The van der Waals surface area contributed by atoms with E-state index in [4.69, 9.17) is 16.3 Å². The van der Waals surface area contributed by atoms with Gasteiger partial charge in [-0.2, -0.15) is 9.78 Å². The second-order valence-corrected chi connectivity index (χ2v) is 7.12. The third kappa shape index (κ3) is 3.87. The van der Waals surface area contributed by atoms with Crippen molar-refractivity contribution in [2.24, 2.45) is 5.41 Å². The lowest BCUT2D eigenvalue weighted by Gasteiger charge is -2.27. The van der Waals surface area contributed by atoms with Crippen LogP contribution in [-0.4, -0.2) is 28.9 Å². The molecule has 9 heteroatoms. The molecule has 6 nitrogen and oxygen atoms in total. The number of esters is 1. The van der Waals surface area contributed by atoms with Crippen LogP contribution < -0.4 is 10.9 Å². The van der Waals surface area contributed by atoms with Gasteiger partial charge in [-0.1, -0.05) is 24.4 Å². The maximum atomic E-state index is 14.0. The molecule has 1 aromatic carbocycles. The molecule has 1 aromatic heterocycles. The number of carbonyl (C=O) groups excluding carboxylic acids is 1. The Morgan fingerprint density at radius 1 is 1.36 bits per heavy atom. The Labute approximate surface area is 165 Å². The minimum atomic E-state index is -0.932. The van der Waals surface area contributed by atoms with Crippen LogP contribution in [0, 0.1) is 17.0 Å². The highest BCUT2D eigenvalue weighted by Crippen LogP contribution is 2.39. The quantitative estimate of drug-likeness (QED) is 0.734. The van der Waals surface area contributed by atoms with E-state index >= 15 is 0 Å². The van der Waals surface area contributed by atoms with Crippen LogP contribution in [0.3, 0.4) is 0 Å². The molecule has 1 N–H and O–H groups in total. The minimum absolute atomic E-state index is 0.198. The molecular weight excluding hydrogens is 392 g/mol. The maximum Gasteiger partial charge on any atom is 0.313 e. The lowest BCUT2D eigenvalue weighted by molar-refractivity contribution is -0.154. The first-order valence-electron chi connectivity index (χ1n) is 9.02. The van der Waals surface area contributed by atoms with Crippen molar-refractivity contribution in [1.82, 2.24) is 9.78 Å². The molecular formula is C19H20ClF2N3O3. The Kier molecular flexibility index (Phi) is 5.98. The average molecular weight is 412 g/mol. The van der Waals surface area contributed by atoms with Crippen LogP contribution in [0.4, 0.5) is 14.5 Å². The number of rotatable bonds is 6. The van der Waals surface area contributed by atoms with Crippen LogP contribution >= 0.6 is 11.6 Å². The predicted molar refractivity (Wildman–Crippen MR) is 101 cm³/mol. The number of hydrogen-bond acceptors (Lipinski definition) is 5. The number of hydrogen-bond donors (Lipinski definition) is 1. The van der Waals surface area contributed by atoms with Gasteiger partial charge in [0.2, 0.25) is 0 Å². The van der Waals surface area contributed by atoms with Gasteiger partial charge in [-0.15, -0.1) is 0 Å². The van der Waals surface area contributed by atoms with E-state index in [-0.39, 0.29) is 28.9 Å². The maximum absolute atomic E-state index is 14.0. The van der Waals surface area contributed by atoms with Crippen LogP contribution in [0.5, 0.6) is 0 Å². The summed E-state index contributed by atoms with van der Waals surface area (Å²) in [6, 6.07) is 2.79. The second kappa shape index (κ2) is 8.26. The number of anilines is 1. The first-order valence-corrected chi connectivity index (χ1v) is 9.40. The number of halogens is 3. The molecule has 150 valence electrons. The van der Waals surface area contributed by atoms with Crippen molar-refractivity contribution in [2.45, 2.75) is 32.6 Å². The molecule has 28 heavy (non-hydrogen) atoms. The van der Waals surface area contributed by atoms with Gasteiger partial charge in [0.25, 0.3) is 5.56 Å². The molecule has 0 unspecified atom stereocenters. The summed E-state index contributed by atoms with van der Waals surface area (Å²) in [5.41, 5.74) is -1.40. The fraction of sp³-hybridized carbons (Fsp3) is 0.421. The van der Waals surface area contributed by atoms with E-state index in [0.717, 1.165) is 29.7 Å². The zero-order valence-corrected chi connectivity index (χ0v) is 16.1. The summed E-state index contributed by atoms with van der Waals surface area (Å²) in [4.78, 5) is 24.9. The molecule has 0 bridgehead atoms. The van der Waals surface area contributed by atoms with Crippen molar-refractivity contribution in [1.29, 1.82) is 0 Å².